The summed E-state index contributed by atoms with van der Waals surface area (Å²) in [4.78, 5) is 0. The Labute approximate surface area is 116 Å². The molecule has 0 heterocycles. The number of methoxy groups -OCH3 is 1. The molecule has 0 saturated carbocycles. The van der Waals surface area contributed by atoms with Crippen LogP contribution in [0.3, 0.4) is 0 Å². The normalized spacial score (nSPS) is 14.4. The van der Waals surface area contributed by atoms with Crippen LogP contribution in [0.1, 0.15) is 43.9 Å². The smallest absolute Gasteiger partial charge is 0.126 e. The van der Waals surface area contributed by atoms with E-state index in [0.717, 1.165) is 31.6 Å². The van der Waals surface area contributed by atoms with Gasteiger partial charge in [-0.2, -0.15) is 0 Å². The number of nitrogens with one attached hydrogen (secondary N) is 1. The zero-order valence-corrected chi connectivity index (χ0v) is 12.5. The molecule has 2 atom stereocenters. The van der Waals surface area contributed by atoms with E-state index >= 15 is 0 Å². The van der Waals surface area contributed by atoms with E-state index in [1.807, 2.05) is 12.1 Å². The average molecular weight is 267 g/mol. The first-order valence-electron chi connectivity index (χ1n) is 7.06. The molecule has 1 aromatic rings. The molecule has 108 valence electrons. The van der Waals surface area contributed by atoms with Crippen molar-refractivity contribution < 1.29 is 9.13 Å². The van der Waals surface area contributed by atoms with Crippen LogP contribution in [0.4, 0.5) is 4.39 Å². The van der Waals surface area contributed by atoms with Gasteiger partial charge in [-0.25, -0.2) is 4.39 Å². The van der Waals surface area contributed by atoms with Gasteiger partial charge in [0.05, 0.1) is 0 Å². The van der Waals surface area contributed by atoms with E-state index in [4.69, 9.17) is 4.74 Å². The third-order valence-corrected chi connectivity index (χ3v) is 3.33. The molecule has 0 fully saturated rings. The fourth-order valence-corrected chi connectivity index (χ4v) is 2.24. The second kappa shape index (κ2) is 8.28. The van der Waals surface area contributed by atoms with E-state index in [1.165, 1.54) is 0 Å². The second-order valence-corrected chi connectivity index (χ2v) is 5.31. The van der Waals surface area contributed by atoms with Crippen molar-refractivity contribution in [3.05, 3.63) is 35.1 Å². The molecule has 0 saturated heterocycles. The molecular weight excluding hydrogens is 241 g/mol. The topological polar surface area (TPSA) is 21.3 Å². The number of halogens is 1. The van der Waals surface area contributed by atoms with E-state index in [1.54, 1.807) is 20.1 Å². The van der Waals surface area contributed by atoms with E-state index in [0.29, 0.717) is 11.5 Å². The molecule has 0 aliphatic heterocycles. The van der Waals surface area contributed by atoms with Gasteiger partial charge >= 0.3 is 0 Å². The molecule has 0 bridgehead atoms. The Morgan fingerprint density at radius 1 is 1.37 bits per heavy atom. The summed E-state index contributed by atoms with van der Waals surface area (Å²) in [6.07, 6.45) is 2.03. The first kappa shape index (κ1) is 16.1. The van der Waals surface area contributed by atoms with Crippen molar-refractivity contribution in [1.82, 2.24) is 5.32 Å². The van der Waals surface area contributed by atoms with Crippen molar-refractivity contribution in [2.45, 2.75) is 39.7 Å². The first-order valence-corrected chi connectivity index (χ1v) is 7.06. The number of hydrogen-bond acceptors (Lipinski definition) is 2. The molecule has 2 nitrogen and oxygen atoms in total. The molecule has 2 unspecified atom stereocenters. The zero-order chi connectivity index (χ0) is 14.3. The van der Waals surface area contributed by atoms with Crippen LogP contribution in [0.15, 0.2) is 18.2 Å². The zero-order valence-electron chi connectivity index (χ0n) is 12.5. The van der Waals surface area contributed by atoms with Gasteiger partial charge in [0.15, 0.2) is 0 Å². The summed E-state index contributed by atoms with van der Waals surface area (Å²) < 4.78 is 18.9. The quantitative estimate of drug-likeness (QED) is 0.772. The highest BCUT2D eigenvalue weighted by atomic mass is 19.1. The van der Waals surface area contributed by atoms with Gasteiger partial charge in [0.25, 0.3) is 0 Å². The number of hydrogen-bond donors (Lipinski definition) is 1. The minimum Gasteiger partial charge on any atom is -0.384 e. The number of benzene rings is 1. The van der Waals surface area contributed by atoms with Crippen LogP contribution in [0.25, 0.3) is 0 Å². The summed E-state index contributed by atoms with van der Waals surface area (Å²) in [5, 5.41) is 3.50. The highest BCUT2D eigenvalue weighted by Gasteiger charge is 2.15. The van der Waals surface area contributed by atoms with Gasteiger partial charge in [-0.3, -0.25) is 0 Å². The van der Waals surface area contributed by atoms with Crippen molar-refractivity contribution in [3.63, 3.8) is 0 Å². The van der Waals surface area contributed by atoms with Gasteiger partial charge in [0, 0.05) is 19.8 Å². The molecule has 19 heavy (non-hydrogen) atoms. The Kier molecular flexibility index (Phi) is 7.03. The van der Waals surface area contributed by atoms with E-state index < -0.39 is 0 Å². The summed E-state index contributed by atoms with van der Waals surface area (Å²) in [5.74, 6) is 0.323. The largest absolute Gasteiger partial charge is 0.384 e. The average Bonchev–Trinajstić information content (AvgIpc) is 2.38. The van der Waals surface area contributed by atoms with Gasteiger partial charge in [-0.15, -0.1) is 0 Å². The highest BCUT2D eigenvalue weighted by molar-refractivity contribution is 5.25. The minimum absolute atomic E-state index is 0.125. The fraction of sp³-hybridized carbons (Fsp3) is 0.625. The second-order valence-electron chi connectivity index (χ2n) is 5.31. The lowest BCUT2D eigenvalue weighted by atomic mass is 9.95. The summed E-state index contributed by atoms with van der Waals surface area (Å²) >= 11 is 0. The predicted octanol–water partition coefficient (Wildman–Crippen LogP) is 3.85. The third kappa shape index (κ3) is 5.29. The minimum atomic E-state index is -0.125. The fourth-order valence-electron chi connectivity index (χ4n) is 2.24. The Morgan fingerprint density at radius 2 is 2.11 bits per heavy atom. The summed E-state index contributed by atoms with van der Waals surface area (Å²) in [6.45, 7) is 7.77. The standard InChI is InChI=1S/C16H26FNO/c1-5-8-18-16(9-12(2)11-19-4)14-7-6-13(3)15(17)10-14/h6-7,10,12,16,18H,5,8-9,11H2,1-4H3. The maximum atomic E-state index is 13.7. The van der Waals surface area contributed by atoms with Crippen LogP contribution in [-0.2, 0) is 4.74 Å². The van der Waals surface area contributed by atoms with Crippen LogP contribution in [0.2, 0.25) is 0 Å². The molecule has 0 spiro atoms. The SMILES string of the molecule is CCCNC(CC(C)COC)c1ccc(C)c(F)c1. The van der Waals surface area contributed by atoms with Gasteiger partial charge in [-0.1, -0.05) is 26.0 Å². The Balaban J connectivity index is 2.79. The maximum Gasteiger partial charge on any atom is 0.126 e. The van der Waals surface area contributed by atoms with E-state index in [-0.39, 0.29) is 11.9 Å². The first-order chi connectivity index (χ1) is 9.08. The summed E-state index contributed by atoms with van der Waals surface area (Å²) in [5.41, 5.74) is 1.72. The van der Waals surface area contributed by atoms with Crippen LogP contribution >= 0.6 is 0 Å². The van der Waals surface area contributed by atoms with Crippen LogP contribution in [0.5, 0.6) is 0 Å². The van der Waals surface area contributed by atoms with Gasteiger partial charge in [0.1, 0.15) is 5.82 Å². The lowest BCUT2D eigenvalue weighted by Gasteiger charge is -2.22. The molecule has 3 heteroatoms. The molecule has 1 N–H and O–H groups in total. The Hall–Kier alpha value is -0.930. The molecule has 0 aromatic heterocycles. The van der Waals surface area contributed by atoms with Crippen molar-refractivity contribution in [1.29, 1.82) is 0 Å². The van der Waals surface area contributed by atoms with Crippen LogP contribution in [0, 0.1) is 18.7 Å². The van der Waals surface area contributed by atoms with E-state index in [2.05, 4.69) is 19.2 Å². The van der Waals surface area contributed by atoms with E-state index in [9.17, 15) is 4.39 Å². The van der Waals surface area contributed by atoms with Crippen molar-refractivity contribution in [2.75, 3.05) is 20.3 Å². The third-order valence-electron chi connectivity index (χ3n) is 3.33. The van der Waals surface area contributed by atoms with Crippen LogP contribution in [-0.4, -0.2) is 20.3 Å². The molecule has 1 rings (SSSR count). The number of rotatable bonds is 8. The highest BCUT2D eigenvalue weighted by Crippen LogP contribution is 2.23. The lowest BCUT2D eigenvalue weighted by molar-refractivity contribution is 0.149. The van der Waals surface area contributed by atoms with Gasteiger partial charge < -0.3 is 10.1 Å². The monoisotopic (exact) mass is 267 g/mol. The maximum absolute atomic E-state index is 13.7. The Bertz CT molecular complexity index is 381. The Morgan fingerprint density at radius 3 is 2.68 bits per heavy atom. The number of ether oxygens (including phenoxy) is 1. The van der Waals surface area contributed by atoms with Crippen molar-refractivity contribution in [3.8, 4) is 0 Å². The molecule has 0 radical (unpaired) electrons. The molecule has 0 amide bonds. The molecule has 0 aliphatic carbocycles. The van der Waals surface area contributed by atoms with Crippen molar-refractivity contribution in [2.24, 2.45) is 5.92 Å². The lowest BCUT2D eigenvalue weighted by Crippen LogP contribution is -2.25. The van der Waals surface area contributed by atoms with Gasteiger partial charge in [-0.05, 0) is 49.4 Å². The molecule has 1 aromatic carbocycles. The van der Waals surface area contributed by atoms with Crippen molar-refractivity contribution >= 4 is 0 Å². The van der Waals surface area contributed by atoms with Gasteiger partial charge in [0.2, 0.25) is 0 Å². The molecule has 0 aliphatic rings. The summed E-state index contributed by atoms with van der Waals surface area (Å²) in [7, 11) is 1.72. The summed E-state index contributed by atoms with van der Waals surface area (Å²) in [6, 6.07) is 5.72. The molecular formula is C16H26FNO. The predicted molar refractivity (Wildman–Crippen MR) is 77.8 cm³/mol. The van der Waals surface area contributed by atoms with Crippen LogP contribution < -0.4 is 5.32 Å². The number of aryl methyl sites for hydroxylation is 1.